The second-order valence-corrected chi connectivity index (χ2v) is 20.6. The van der Waals surface area contributed by atoms with E-state index in [1.165, 1.54) is 70.3 Å². The summed E-state index contributed by atoms with van der Waals surface area (Å²) in [5.41, 5.74) is 4.57. The van der Waals surface area contributed by atoms with E-state index in [0.717, 1.165) is 62.1 Å². The molecule has 3 unspecified atom stereocenters. The van der Waals surface area contributed by atoms with Crippen molar-refractivity contribution in [3.05, 3.63) is 83.5 Å². The van der Waals surface area contributed by atoms with Crippen molar-refractivity contribution < 1.29 is 71.4 Å². The Hall–Kier alpha value is -3.58. The van der Waals surface area contributed by atoms with Gasteiger partial charge in [-0.05, 0) is 70.3 Å². The number of aliphatic hydroxyl groups excluding tert-OH is 3. The van der Waals surface area contributed by atoms with Crippen molar-refractivity contribution in [2.45, 2.75) is 198 Å². The molecular formula is C50H83N3O16P2. The number of unbranched alkanes of at least 4 members (excludes halogenated alkanes) is 15. The van der Waals surface area contributed by atoms with Gasteiger partial charge in [-0.3, -0.25) is 23.2 Å². The Kier molecular flexibility index (Phi) is 34.1. The number of carbonyl (C=O) groups is 2. The number of aromatic nitrogens is 2. The van der Waals surface area contributed by atoms with Crippen LogP contribution < -0.4 is 11.4 Å². The van der Waals surface area contributed by atoms with Crippen molar-refractivity contribution in [3.63, 3.8) is 0 Å². The predicted molar refractivity (Wildman–Crippen MR) is 272 cm³/mol. The van der Waals surface area contributed by atoms with Crippen molar-refractivity contribution in [1.82, 2.24) is 9.55 Å². The highest BCUT2D eigenvalue weighted by Crippen LogP contribution is 2.60. The summed E-state index contributed by atoms with van der Waals surface area (Å²) in [6.45, 7) is 1.92. The summed E-state index contributed by atoms with van der Waals surface area (Å²) in [7, 11) is -10.9. The Labute approximate surface area is 420 Å². The molecule has 19 nitrogen and oxygen atoms in total. The van der Waals surface area contributed by atoms with Crippen molar-refractivity contribution >= 4 is 33.4 Å². The molecule has 0 bridgehead atoms. The summed E-state index contributed by atoms with van der Waals surface area (Å²) in [4.78, 5) is 61.9. The van der Waals surface area contributed by atoms with Gasteiger partial charge in [0.25, 0.3) is 0 Å². The standard InChI is InChI=1S/C50H83N3O16P2/c1-3-5-7-9-11-13-15-17-18-20-22-24-26-28-30-34-46(56)67-42(38-64-45(55)35-31-33-41(54)32-29-27-25-23-21-19-16-14-12-10-8-6-4-2)39-65-70(60,61)69-71(62,63)66-40-43-47(57)48(58)49(68-43)53-37-36-44(51)52-50(53)59/h13,15,17-19,21,25,27,29,32,36-37,41-43,47-49,54,57-58H,3-12,14,16,20,22-24,26,28,30-31,33-35,38-40H2,1-2H3,(H,60,61)(H,62,63)(H2,51,52,59)/b15-13-,18-17-,21-19+,27-25+,32-29+/t41?,42-,43-,47-,48-,49-/m1/s1. The SMILES string of the molecule is CCCCCC/C=C\C=C/CCCCCCCC(=O)O[C@H](COC(=O)CCCC(O)/C=C/C=C/C/C=C/CCCCCCCC)COP(=O)(O)OP(=O)(O)OC[C@H]1O[C@@H](n2ccc(N)nc2=O)[C@H](O)[C@@H]1O. The summed E-state index contributed by atoms with van der Waals surface area (Å²) in [5.74, 6) is -1.52. The molecule has 0 amide bonds. The molecule has 2 heterocycles. The van der Waals surface area contributed by atoms with Crippen LogP contribution in [0.15, 0.2) is 77.8 Å². The van der Waals surface area contributed by atoms with Crippen molar-refractivity contribution in [2.75, 3.05) is 25.6 Å². The first-order chi connectivity index (χ1) is 34.1. The number of carbonyl (C=O) groups excluding carboxylic acids is 2. The molecule has 1 aromatic heterocycles. The first kappa shape index (κ1) is 63.5. The van der Waals surface area contributed by atoms with Gasteiger partial charge in [0.2, 0.25) is 0 Å². The number of nitrogens with zero attached hydrogens (tertiary/aromatic N) is 2. The van der Waals surface area contributed by atoms with Gasteiger partial charge in [0.1, 0.15) is 30.7 Å². The largest absolute Gasteiger partial charge is 0.481 e. The lowest BCUT2D eigenvalue weighted by molar-refractivity contribution is -0.161. The second kappa shape index (κ2) is 38.1. The third-order valence-electron chi connectivity index (χ3n) is 11.2. The number of hydrogen-bond donors (Lipinski definition) is 6. The minimum absolute atomic E-state index is 0.00889. The van der Waals surface area contributed by atoms with Gasteiger partial charge in [-0.15, -0.1) is 0 Å². The molecule has 1 aliphatic rings. The lowest BCUT2D eigenvalue weighted by Gasteiger charge is -2.21. The highest BCUT2D eigenvalue weighted by Gasteiger charge is 2.46. The number of nitrogen functional groups attached to an aromatic ring is 1. The van der Waals surface area contributed by atoms with Gasteiger partial charge in [-0.1, -0.05) is 145 Å². The highest BCUT2D eigenvalue weighted by atomic mass is 31.3. The molecule has 71 heavy (non-hydrogen) atoms. The lowest BCUT2D eigenvalue weighted by atomic mass is 10.1. The van der Waals surface area contributed by atoms with Gasteiger partial charge in [-0.25, -0.2) is 13.9 Å². The van der Waals surface area contributed by atoms with E-state index in [4.69, 9.17) is 29.0 Å². The summed E-state index contributed by atoms with van der Waals surface area (Å²) < 4.78 is 56.6. The minimum atomic E-state index is -5.47. The van der Waals surface area contributed by atoms with Crippen LogP contribution in [0, 0.1) is 0 Å². The smallest absolute Gasteiger partial charge is 0.462 e. The first-order valence-corrected chi connectivity index (χ1v) is 28.4. The van der Waals surface area contributed by atoms with Crippen LogP contribution >= 0.6 is 15.6 Å². The van der Waals surface area contributed by atoms with E-state index in [-0.39, 0.29) is 31.5 Å². The van der Waals surface area contributed by atoms with E-state index >= 15 is 0 Å². The molecule has 1 fully saturated rings. The van der Waals surface area contributed by atoms with E-state index in [0.29, 0.717) is 6.42 Å². The number of phosphoric ester groups is 2. The average molecular weight is 1040 g/mol. The molecular weight excluding hydrogens is 961 g/mol. The third kappa shape index (κ3) is 30.9. The Morgan fingerprint density at radius 1 is 0.746 bits per heavy atom. The van der Waals surface area contributed by atoms with Crippen LogP contribution in [0.1, 0.15) is 168 Å². The van der Waals surface area contributed by atoms with Crippen molar-refractivity contribution in [2.24, 2.45) is 0 Å². The normalized spacial score (nSPS) is 20.1. The number of rotatable bonds is 41. The van der Waals surface area contributed by atoms with Gasteiger partial charge in [0.05, 0.1) is 19.3 Å². The molecule has 1 aromatic rings. The van der Waals surface area contributed by atoms with Crippen LogP contribution in [-0.4, -0.2) is 96.9 Å². The van der Waals surface area contributed by atoms with Crippen molar-refractivity contribution in [1.29, 1.82) is 0 Å². The van der Waals surface area contributed by atoms with E-state index in [2.05, 4.69) is 59.6 Å². The number of ether oxygens (including phenoxy) is 3. The van der Waals surface area contributed by atoms with Gasteiger partial charge < -0.3 is 45.1 Å². The van der Waals surface area contributed by atoms with E-state index in [1.54, 1.807) is 12.2 Å². The third-order valence-corrected chi connectivity index (χ3v) is 13.8. The molecule has 0 radical (unpaired) electrons. The van der Waals surface area contributed by atoms with Crippen LogP contribution in [0.3, 0.4) is 0 Å². The van der Waals surface area contributed by atoms with Crippen LogP contribution in [0.4, 0.5) is 5.82 Å². The Morgan fingerprint density at radius 3 is 1.99 bits per heavy atom. The monoisotopic (exact) mass is 1040 g/mol. The zero-order valence-electron chi connectivity index (χ0n) is 41.9. The molecule has 1 saturated heterocycles. The van der Waals surface area contributed by atoms with Crippen LogP contribution in [0.25, 0.3) is 0 Å². The zero-order valence-corrected chi connectivity index (χ0v) is 43.7. The van der Waals surface area contributed by atoms with Crippen LogP contribution in [0.5, 0.6) is 0 Å². The summed E-state index contributed by atoms with van der Waals surface area (Å²) in [6, 6.07) is 1.24. The van der Waals surface area contributed by atoms with Gasteiger partial charge in [0, 0.05) is 19.0 Å². The number of allylic oxidation sites excluding steroid dienone is 9. The molecule has 404 valence electrons. The molecule has 21 heteroatoms. The number of nitrogens with two attached hydrogens (primary N) is 1. The van der Waals surface area contributed by atoms with Crippen LogP contribution in [0.2, 0.25) is 0 Å². The summed E-state index contributed by atoms with van der Waals surface area (Å²) in [5, 5.41) is 31.3. The van der Waals surface area contributed by atoms with Gasteiger partial charge >= 0.3 is 33.3 Å². The Bertz CT molecular complexity index is 1940. The topological polar surface area (TPSA) is 286 Å². The number of hydrogen-bond acceptors (Lipinski definition) is 16. The molecule has 2 rings (SSSR count). The Balaban J connectivity index is 1.86. The summed E-state index contributed by atoms with van der Waals surface area (Å²) >= 11 is 0. The van der Waals surface area contributed by atoms with Crippen molar-refractivity contribution in [3.8, 4) is 0 Å². The fourth-order valence-electron chi connectivity index (χ4n) is 7.19. The number of anilines is 1. The van der Waals surface area contributed by atoms with E-state index in [9.17, 15) is 48.6 Å². The minimum Gasteiger partial charge on any atom is -0.462 e. The molecule has 0 saturated carbocycles. The molecule has 0 spiro atoms. The first-order valence-electron chi connectivity index (χ1n) is 25.4. The number of aliphatic hydroxyl groups is 3. The molecule has 0 aliphatic carbocycles. The molecule has 8 atom stereocenters. The maximum atomic E-state index is 12.9. The molecule has 7 N–H and O–H groups in total. The summed E-state index contributed by atoms with van der Waals surface area (Å²) in [6.07, 6.45) is 33.3. The fraction of sp³-hybridized carbons (Fsp3) is 0.680. The predicted octanol–water partition coefficient (Wildman–Crippen LogP) is 9.30. The molecule has 1 aliphatic heterocycles. The second-order valence-electron chi connectivity index (χ2n) is 17.5. The maximum Gasteiger partial charge on any atom is 0.481 e. The van der Waals surface area contributed by atoms with Gasteiger partial charge in [-0.2, -0.15) is 9.29 Å². The number of esters is 2. The maximum absolute atomic E-state index is 12.9. The van der Waals surface area contributed by atoms with E-state index < -0.39 is 89.8 Å². The molecule has 0 aromatic carbocycles. The number of phosphoric acid groups is 2. The lowest BCUT2D eigenvalue weighted by Crippen LogP contribution is -2.36. The van der Waals surface area contributed by atoms with Crippen LogP contribution in [-0.2, 0) is 46.3 Å². The highest BCUT2D eigenvalue weighted by molar-refractivity contribution is 7.61. The average Bonchev–Trinajstić information content (AvgIpc) is 3.60. The zero-order chi connectivity index (χ0) is 52.2. The quantitative estimate of drug-likeness (QED) is 0.0117. The fourth-order valence-corrected chi connectivity index (χ4v) is 9.30. The van der Waals surface area contributed by atoms with Gasteiger partial charge in [0.15, 0.2) is 12.3 Å². The van der Waals surface area contributed by atoms with E-state index in [1.807, 2.05) is 12.2 Å². The Morgan fingerprint density at radius 2 is 1.32 bits per heavy atom.